The van der Waals surface area contributed by atoms with E-state index in [1.54, 1.807) is 0 Å². The third-order valence-corrected chi connectivity index (χ3v) is 2.83. The summed E-state index contributed by atoms with van der Waals surface area (Å²) >= 11 is 0. The van der Waals surface area contributed by atoms with Crippen molar-refractivity contribution in [1.29, 1.82) is 0 Å². The van der Waals surface area contributed by atoms with E-state index in [0.717, 1.165) is 7.05 Å². The highest BCUT2D eigenvalue weighted by Gasteiger charge is 2.21. The number of hydrogen-bond acceptors (Lipinski definition) is 2. The summed E-state index contributed by atoms with van der Waals surface area (Å²) in [5.41, 5.74) is -2.32. The number of rotatable bonds is 4. The van der Waals surface area contributed by atoms with Gasteiger partial charge in [-0.25, -0.2) is 0 Å². The summed E-state index contributed by atoms with van der Waals surface area (Å²) in [7, 11) is -1.70. The lowest BCUT2D eigenvalue weighted by atomic mass is 10.0. The Hall–Kier alpha value is -1.48. The van der Waals surface area contributed by atoms with E-state index in [1.165, 1.54) is 35.0 Å². The Morgan fingerprint density at radius 2 is 2.28 bits per heavy atom. The zero-order chi connectivity index (χ0) is 23.3. The van der Waals surface area contributed by atoms with Gasteiger partial charge in [0.25, 0.3) is 0 Å². The van der Waals surface area contributed by atoms with E-state index in [2.05, 4.69) is 0 Å². The molecule has 0 saturated carbocycles. The van der Waals surface area contributed by atoms with Crippen molar-refractivity contribution in [2.45, 2.75) is 25.8 Å². The fraction of sp³-hybridized carbons (Fsp3) is 0.467. The van der Waals surface area contributed by atoms with Gasteiger partial charge in [0.2, 0.25) is 0 Å². The summed E-state index contributed by atoms with van der Waals surface area (Å²) in [5.74, 6) is 0.0535. The molecule has 0 bridgehead atoms. The van der Waals surface area contributed by atoms with Crippen molar-refractivity contribution in [1.82, 2.24) is 9.47 Å². The van der Waals surface area contributed by atoms with Gasteiger partial charge in [-0.15, -0.1) is 0 Å². The summed E-state index contributed by atoms with van der Waals surface area (Å²) in [5, 5.41) is 0.471. The smallest absolute Gasteiger partial charge is 0.119 e. The lowest BCUT2D eigenvalue weighted by Crippen LogP contribution is -2.41. The zero-order valence-corrected chi connectivity index (χ0v) is 9.90. The molecule has 0 aliphatic rings. The molecule has 18 heavy (non-hydrogen) atoms. The molecule has 0 N–H and O–H groups in total. The average Bonchev–Trinajstić information content (AvgIpc) is 2.89. The zero-order valence-electron chi connectivity index (χ0n) is 21.9. The maximum absolute atomic E-state index is 7.93. The van der Waals surface area contributed by atoms with Crippen LogP contribution in [-0.4, -0.2) is 36.1 Å². The van der Waals surface area contributed by atoms with Crippen molar-refractivity contribution < 1.29 is 21.2 Å². The normalized spacial score (nSPS) is 25.0. The third kappa shape index (κ3) is 2.36. The van der Waals surface area contributed by atoms with Gasteiger partial charge in [-0.05, 0) is 52.0 Å². The molecule has 3 nitrogen and oxygen atoms in total. The van der Waals surface area contributed by atoms with Gasteiger partial charge in [-0.1, -0.05) is 0 Å². The van der Waals surface area contributed by atoms with Gasteiger partial charge < -0.3 is 14.2 Å². The molecule has 0 spiro atoms. The first-order chi connectivity index (χ1) is 13.3. The Balaban J connectivity index is 2.62. The summed E-state index contributed by atoms with van der Waals surface area (Å²) in [6.07, 6.45) is 1.42. The number of fused-ring (bicyclic) bond motifs is 1. The fourth-order valence-corrected chi connectivity index (χ4v) is 1.73. The van der Waals surface area contributed by atoms with Gasteiger partial charge in [0.05, 0.1) is 11.2 Å². The number of aromatic nitrogens is 1. The first kappa shape index (κ1) is 4.57. The lowest BCUT2D eigenvalue weighted by Gasteiger charge is -2.33. The molecular formula is C15H22N2O. The topological polar surface area (TPSA) is 17.4 Å². The number of nitrogens with zero attached hydrogens (tertiary/aromatic N) is 2. The monoisotopic (exact) mass is 258 g/mol. The number of likely N-dealkylation sites (N-methyl/N-ethyl adjacent to an activating group) is 1. The third-order valence-electron chi connectivity index (χ3n) is 2.83. The molecule has 1 heterocycles. The quantitative estimate of drug-likeness (QED) is 0.839. The molecule has 0 radical (unpaired) electrons. The molecule has 0 amide bonds. The van der Waals surface area contributed by atoms with E-state index in [1.807, 2.05) is 0 Å². The lowest BCUT2D eigenvalue weighted by molar-refractivity contribution is 0.171. The van der Waals surface area contributed by atoms with Crippen LogP contribution in [0.2, 0.25) is 0 Å². The second-order valence-electron chi connectivity index (χ2n) is 4.19. The Morgan fingerprint density at radius 1 is 1.39 bits per heavy atom. The van der Waals surface area contributed by atoms with Crippen LogP contribution < -0.4 is 4.74 Å². The van der Waals surface area contributed by atoms with Gasteiger partial charge in [0.15, 0.2) is 0 Å². The summed E-state index contributed by atoms with van der Waals surface area (Å²) in [4.78, 5) is 0.415. The van der Waals surface area contributed by atoms with Gasteiger partial charge in [0.1, 0.15) is 5.75 Å². The Kier molecular flexibility index (Phi) is 1.18. The van der Waals surface area contributed by atoms with Crippen LogP contribution in [0.25, 0.3) is 10.9 Å². The molecule has 2 aromatic rings. The van der Waals surface area contributed by atoms with E-state index in [4.69, 9.17) is 21.2 Å². The van der Waals surface area contributed by atoms with Crippen LogP contribution in [0.5, 0.6) is 5.75 Å². The van der Waals surface area contributed by atoms with Crippen molar-refractivity contribution >= 4 is 10.9 Å². The van der Waals surface area contributed by atoms with Crippen molar-refractivity contribution in [2.24, 2.45) is 0 Å². The number of ether oxygens (including phenoxy) is 1. The Morgan fingerprint density at radius 3 is 3.00 bits per heavy atom. The molecule has 0 fully saturated rings. The Bertz CT molecular complexity index is 876. The molecule has 1 aromatic heterocycles. The molecule has 1 aromatic carbocycles. The fourth-order valence-electron chi connectivity index (χ4n) is 1.73. The van der Waals surface area contributed by atoms with Gasteiger partial charge in [0, 0.05) is 41.5 Å². The van der Waals surface area contributed by atoms with Gasteiger partial charge in [-0.2, -0.15) is 0 Å². The Labute approximate surface area is 126 Å². The van der Waals surface area contributed by atoms with Crippen molar-refractivity contribution in [3.63, 3.8) is 0 Å². The average molecular weight is 258 g/mol. The molecule has 3 heteroatoms. The molecule has 0 unspecified atom stereocenters. The van der Waals surface area contributed by atoms with Crippen molar-refractivity contribution in [2.75, 3.05) is 21.1 Å². The minimum absolute atomic E-state index is 0.0535. The highest BCUT2D eigenvalue weighted by atomic mass is 16.5. The van der Waals surface area contributed by atoms with E-state index in [0.29, 0.717) is 15.8 Å². The van der Waals surface area contributed by atoms with Crippen molar-refractivity contribution in [3.8, 4) is 5.75 Å². The molecule has 0 saturated heterocycles. The maximum Gasteiger partial charge on any atom is 0.119 e. The van der Waals surface area contributed by atoms with E-state index < -0.39 is 39.8 Å². The molecule has 0 atom stereocenters. The van der Waals surface area contributed by atoms with Crippen LogP contribution in [0, 0.1) is 0 Å². The second kappa shape index (κ2) is 4.65. The SMILES string of the molecule is [2H]C([2H])([2H])Oc1ccc2c(ccn2CC(N(C)C([2H])([2H])[2H])(C([2H])([2H])[2H])C([2H])([2H])[2H])c1. The van der Waals surface area contributed by atoms with E-state index >= 15 is 0 Å². The highest BCUT2D eigenvalue weighted by molar-refractivity contribution is 5.81. The predicted molar refractivity (Wildman–Crippen MR) is 76.3 cm³/mol. The minimum Gasteiger partial charge on any atom is -0.497 e. The molecular weight excluding hydrogens is 224 g/mol. The first-order valence-corrected chi connectivity index (χ1v) is 5.31. The second-order valence-corrected chi connectivity index (χ2v) is 4.19. The summed E-state index contributed by atoms with van der Waals surface area (Å²) < 4.78 is 98.2. The molecule has 2 rings (SSSR count). The summed E-state index contributed by atoms with van der Waals surface area (Å²) in [6.45, 7) is -10.0. The number of methoxy groups -OCH3 is 1. The number of hydrogen-bond donors (Lipinski definition) is 0. The molecule has 0 aliphatic carbocycles. The van der Waals surface area contributed by atoms with Gasteiger partial charge >= 0.3 is 0 Å². The van der Waals surface area contributed by atoms with Crippen molar-refractivity contribution in [3.05, 3.63) is 30.5 Å². The van der Waals surface area contributed by atoms with E-state index in [9.17, 15) is 0 Å². The number of benzene rings is 1. The first-order valence-electron chi connectivity index (χ1n) is 11.3. The largest absolute Gasteiger partial charge is 0.497 e. The van der Waals surface area contributed by atoms with Crippen LogP contribution in [-0.2, 0) is 6.54 Å². The minimum atomic E-state index is -3.18. The standard InChI is InChI=1S/C15H22N2O/c1-15(2,16(3)4)11-17-9-8-12-10-13(18-5)6-7-14(12)17/h6-10H,11H2,1-5H3/i1D3,2D3,3D3,5D3. The van der Waals surface area contributed by atoms with Crippen LogP contribution in [0.1, 0.15) is 30.2 Å². The molecule has 98 valence electrons. The van der Waals surface area contributed by atoms with Gasteiger partial charge in [-0.3, -0.25) is 0 Å². The van der Waals surface area contributed by atoms with Crippen LogP contribution >= 0.6 is 0 Å². The van der Waals surface area contributed by atoms with Crippen LogP contribution in [0.4, 0.5) is 0 Å². The van der Waals surface area contributed by atoms with Crippen LogP contribution in [0.3, 0.4) is 0 Å². The highest BCUT2D eigenvalue weighted by Crippen LogP contribution is 2.24. The summed E-state index contributed by atoms with van der Waals surface area (Å²) in [6, 6.07) is 5.75. The molecule has 0 aliphatic heterocycles. The maximum atomic E-state index is 7.93. The van der Waals surface area contributed by atoms with E-state index in [-0.39, 0.29) is 5.75 Å². The predicted octanol–water partition coefficient (Wildman–Crippen LogP) is 2.99. The van der Waals surface area contributed by atoms with Crippen LogP contribution in [0.15, 0.2) is 30.5 Å².